The maximum absolute atomic E-state index is 5.31. The van der Waals surface area contributed by atoms with E-state index in [4.69, 9.17) is 21.7 Å². The summed E-state index contributed by atoms with van der Waals surface area (Å²) in [6.45, 7) is 0.892. The van der Waals surface area contributed by atoms with Gasteiger partial charge in [-0.25, -0.2) is 0 Å². The maximum Gasteiger partial charge on any atom is 0.161 e. The van der Waals surface area contributed by atoms with Crippen molar-refractivity contribution in [3.8, 4) is 11.5 Å². The summed E-state index contributed by atoms with van der Waals surface area (Å²) < 4.78 is 10.5. The zero-order chi connectivity index (χ0) is 11.5. The third-order valence-electron chi connectivity index (χ3n) is 2.38. The molecule has 0 radical (unpaired) electrons. The van der Waals surface area contributed by atoms with E-state index in [0.29, 0.717) is 5.75 Å². The molecule has 86 valence electrons. The number of thiocarbonyl (C=S) groups is 1. The Bertz CT molecular complexity index is 421. The van der Waals surface area contributed by atoms with E-state index in [9.17, 15) is 0 Å². The Kier molecular flexibility index (Phi) is 3.56. The van der Waals surface area contributed by atoms with Gasteiger partial charge in [0, 0.05) is 22.8 Å². The van der Waals surface area contributed by atoms with Gasteiger partial charge in [-0.1, -0.05) is 12.2 Å². The topological polar surface area (TPSA) is 30.5 Å². The minimum atomic E-state index is 0.716. The summed E-state index contributed by atoms with van der Waals surface area (Å²) in [5.74, 6) is 2.47. The van der Waals surface area contributed by atoms with Crippen LogP contribution in [-0.2, 0) is 0 Å². The lowest BCUT2D eigenvalue weighted by atomic mass is 10.2. The molecule has 1 aromatic rings. The summed E-state index contributed by atoms with van der Waals surface area (Å²) >= 11 is 7.09. The average molecular weight is 255 g/mol. The fourth-order valence-corrected chi connectivity index (χ4v) is 2.84. The molecule has 0 amide bonds. The van der Waals surface area contributed by atoms with Crippen LogP contribution in [0.2, 0.25) is 0 Å². The van der Waals surface area contributed by atoms with Crippen LogP contribution in [0.5, 0.6) is 11.5 Å². The first-order valence-corrected chi connectivity index (χ1v) is 6.32. The lowest BCUT2D eigenvalue weighted by molar-refractivity contribution is 0.354. The molecule has 5 heteroatoms. The number of nitrogens with one attached hydrogen (secondary N) is 1. The van der Waals surface area contributed by atoms with Gasteiger partial charge in [-0.05, 0) is 12.1 Å². The Morgan fingerprint density at radius 3 is 2.62 bits per heavy atom. The predicted molar refractivity (Wildman–Crippen MR) is 70.0 cm³/mol. The highest BCUT2D eigenvalue weighted by Crippen LogP contribution is 2.36. The van der Waals surface area contributed by atoms with Crippen molar-refractivity contribution < 1.29 is 9.47 Å². The summed E-state index contributed by atoms with van der Waals surface area (Å²) in [6.07, 6.45) is 0. The first-order chi connectivity index (χ1) is 7.76. The van der Waals surface area contributed by atoms with Crippen molar-refractivity contribution in [2.24, 2.45) is 0 Å². The van der Waals surface area contributed by atoms with Crippen LogP contribution in [0.4, 0.5) is 0 Å². The normalized spacial score (nSPS) is 14.8. The minimum Gasteiger partial charge on any atom is -0.493 e. The van der Waals surface area contributed by atoms with Gasteiger partial charge in [0.2, 0.25) is 0 Å². The van der Waals surface area contributed by atoms with E-state index < -0.39 is 0 Å². The van der Waals surface area contributed by atoms with Crippen LogP contribution in [0.15, 0.2) is 17.0 Å². The fraction of sp³-hybridized carbons (Fsp3) is 0.364. The maximum atomic E-state index is 5.31. The first kappa shape index (κ1) is 11.5. The van der Waals surface area contributed by atoms with Gasteiger partial charge in [0.25, 0.3) is 0 Å². The second kappa shape index (κ2) is 4.93. The molecular weight excluding hydrogens is 242 g/mol. The van der Waals surface area contributed by atoms with Crippen molar-refractivity contribution in [3.63, 3.8) is 0 Å². The van der Waals surface area contributed by atoms with Crippen LogP contribution in [0.25, 0.3) is 0 Å². The smallest absolute Gasteiger partial charge is 0.161 e. The average Bonchev–Trinajstić information content (AvgIpc) is 2.49. The van der Waals surface area contributed by atoms with E-state index in [1.165, 1.54) is 0 Å². The zero-order valence-electron chi connectivity index (χ0n) is 9.20. The van der Waals surface area contributed by atoms with E-state index >= 15 is 0 Å². The van der Waals surface area contributed by atoms with Crippen LogP contribution in [0.1, 0.15) is 5.56 Å². The second-order valence-electron chi connectivity index (χ2n) is 3.31. The standard InChI is InChI=1S/C11H13NO2S2/c1-13-8-5-7-10(6-9(8)14-2)16-4-3-12-11(7)15/h5-6H,3-4H2,1-2H3,(H,12,15). The number of benzene rings is 1. The van der Waals surface area contributed by atoms with Gasteiger partial charge in [0.1, 0.15) is 4.99 Å². The van der Waals surface area contributed by atoms with E-state index in [1.807, 2.05) is 12.1 Å². The van der Waals surface area contributed by atoms with E-state index in [1.54, 1.807) is 26.0 Å². The van der Waals surface area contributed by atoms with Gasteiger partial charge in [-0.2, -0.15) is 0 Å². The highest BCUT2D eigenvalue weighted by atomic mass is 32.2. The number of rotatable bonds is 2. The minimum absolute atomic E-state index is 0.716. The Labute approximate surface area is 105 Å². The summed E-state index contributed by atoms with van der Waals surface area (Å²) in [7, 11) is 3.27. The SMILES string of the molecule is COc1cc2c(cc1OC)C(=S)NCCS2. The van der Waals surface area contributed by atoms with Crippen LogP contribution in [0, 0.1) is 0 Å². The molecule has 1 aliphatic rings. The van der Waals surface area contributed by atoms with E-state index in [-0.39, 0.29) is 0 Å². The van der Waals surface area contributed by atoms with Crippen molar-refractivity contribution in [1.29, 1.82) is 0 Å². The largest absolute Gasteiger partial charge is 0.493 e. The van der Waals surface area contributed by atoms with Gasteiger partial charge in [-0.15, -0.1) is 11.8 Å². The molecule has 3 nitrogen and oxygen atoms in total. The number of hydrogen-bond donors (Lipinski definition) is 1. The first-order valence-electron chi connectivity index (χ1n) is 4.93. The van der Waals surface area contributed by atoms with Crippen LogP contribution < -0.4 is 14.8 Å². The monoisotopic (exact) mass is 255 g/mol. The fourth-order valence-electron chi connectivity index (χ4n) is 1.58. The molecule has 1 heterocycles. The van der Waals surface area contributed by atoms with Crippen molar-refractivity contribution in [2.75, 3.05) is 26.5 Å². The highest BCUT2D eigenvalue weighted by Gasteiger charge is 2.16. The van der Waals surface area contributed by atoms with Crippen LogP contribution >= 0.6 is 24.0 Å². The van der Waals surface area contributed by atoms with Gasteiger partial charge < -0.3 is 14.8 Å². The molecule has 0 bridgehead atoms. The quantitative estimate of drug-likeness (QED) is 0.818. The molecule has 1 aromatic carbocycles. The van der Waals surface area contributed by atoms with Crippen molar-refractivity contribution in [2.45, 2.75) is 4.90 Å². The predicted octanol–water partition coefficient (Wildman–Crippen LogP) is 2.07. The summed E-state index contributed by atoms with van der Waals surface area (Å²) in [5.41, 5.74) is 1.02. The Morgan fingerprint density at radius 2 is 1.94 bits per heavy atom. The Morgan fingerprint density at radius 1 is 1.25 bits per heavy atom. The van der Waals surface area contributed by atoms with Crippen LogP contribution in [0.3, 0.4) is 0 Å². The van der Waals surface area contributed by atoms with Crippen molar-refractivity contribution >= 4 is 29.0 Å². The molecule has 2 rings (SSSR count). The molecule has 1 N–H and O–H groups in total. The number of fused-ring (bicyclic) bond motifs is 1. The number of methoxy groups -OCH3 is 2. The van der Waals surface area contributed by atoms with Gasteiger partial charge >= 0.3 is 0 Å². The van der Waals surface area contributed by atoms with Gasteiger partial charge in [0.05, 0.1) is 14.2 Å². The van der Waals surface area contributed by atoms with Gasteiger partial charge in [-0.3, -0.25) is 0 Å². The Hall–Kier alpha value is -0.940. The van der Waals surface area contributed by atoms with Crippen molar-refractivity contribution in [1.82, 2.24) is 5.32 Å². The lowest BCUT2D eigenvalue weighted by Crippen LogP contribution is -2.22. The number of ether oxygens (including phenoxy) is 2. The molecule has 0 fully saturated rings. The summed E-state index contributed by atoms with van der Waals surface area (Å²) in [4.78, 5) is 1.92. The molecule has 0 saturated carbocycles. The van der Waals surface area contributed by atoms with Crippen LogP contribution in [-0.4, -0.2) is 31.5 Å². The molecule has 16 heavy (non-hydrogen) atoms. The summed E-state index contributed by atoms with van der Waals surface area (Å²) in [6, 6.07) is 3.92. The molecule has 0 spiro atoms. The van der Waals surface area contributed by atoms with E-state index in [2.05, 4.69) is 5.32 Å². The molecular formula is C11H13NO2S2. The molecule has 0 unspecified atom stereocenters. The van der Waals surface area contributed by atoms with Crippen molar-refractivity contribution in [3.05, 3.63) is 17.7 Å². The van der Waals surface area contributed by atoms with Gasteiger partial charge in [0.15, 0.2) is 11.5 Å². The second-order valence-corrected chi connectivity index (χ2v) is 4.85. The molecule has 0 aromatic heterocycles. The molecule has 1 aliphatic heterocycles. The summed E-state index contributed by atoms with van der Waals surface area (Å²) in [5, 5.41) is 3.20. The third kappa shape index (κ3) is 2.10. The molecule has 0 saturated heterocycles. The highest BCUT2D eigenvalue weighted by molar-refractivity contribution is 7.99. The zero-order valence-corrected chi connectivity index (χ0v) is 10.8. The van der Waals surface area contributed by atoms with E-state index in [0.717, 1.165) is 33.5 Å². The number of hydrogen-bond acceptors (Lipinski definition) is 4. The third-order valence-corrected chi connectivity index (χ3v) is 3.80. The molecule has 0 atom stereocenters. The molecule has 0 aliphatic carbocycles. The number of thioether (sulfide) groups is 1. The lowest BCUT2D eigenvalue weighted by Gasteiger charge is -2.12. The Balaban J connectivity index is 2.51.